The van der Waals surface area contributed by atoms with Crippen LogP contribution in [-0.2, 0) is 0 Å². The summed E-state index contributed by atoms with van der Waals surface area (Å²) < 4.78 is 0. The summed E-state index contributed by atoms with van der Waals surface area (Å²) >= 11 is 0. The third kappa shape index (κ3) is 3.07. The van der Waals surface area contributed by atoms with Crippen molar-refractivity contribution >= 4 is 22.5 Å². The quantitative estimate of drug-likeness (QED) is 0.878. The molecule has 1 unspecified atom stereocenters. The summed E-state index contributed by atoms with van der Waals surface area (Å²) in [7, 11) is 1.85. The van der Waals surface area contributed by atoms with E-state index in [0.29, 0.717) is 5.69 Å². The Labute approximate surface area is 119 Å². The van der Waals surface area contributed by atoms with Gasteiger partial charge in [-0.15, -0.1) is 0 Å². The van der Waals surface area contributed by atoms with E-state index in [1.807, 2.05) is 38.2 Å². The van der Waals surface area contributed by atoms with Crippen LogP contribution in [0.1, 0.15) is 37.2 Å². The third-order valence-corrected chi connectivity index (χ3v) is 3.32. The van der Waals surface area contributed by atoms with Crippen molar-refractivity contribution in [3.8, 4) is 0 Å². The Balaban J connectivity index is 2.32. The third-order valence-electron chi connectivity index (χ3n) is 3.32. The minimum absolute atomic E-state index is 0.117. The van der Waals surface area contributed by atoms with Crippen LogP contribution in [0.2, 0.25) is 0 Å². The molecule has 0 fully saturated rings. The van der Waals surface area contributed by atoms with Crippen molar-refractivity contribution in [2.75, 3.05) is 12.4 Å². The number of hydrogen-bond donors (Lipinski definition) is 2. The molecule has 0 saturated carbocycles. The van der Waals surface area contributed by atoms with Gasteiger partial charge in [-0.2, -0.15) is 0 Å². The maximum absolute atomic E-state index is 12.2. The molecular weight excluding hydrogens is 250 g/mol. The van der Waals surface area contributed by atoms with Crippen LogP contribution in [-0.4, -0.2) is 24.0 Å². The van der Waals surface area contributed by atoms with E-state index in [4.69, 9.17) is 0 Å². The standard InChI is InChI=1S/C16H21N3O/c1-4-7-11(2)18-16(20)15-10-14(17-3)12-8-5-6-9-13(12)19-15/h5-6,8-11H,4,7H2,1-3H3,(H,17,19)(H,18,20). The van der Waals surface area contributed by atoms with Gasteiger partial charge >= 0.3 is 0 Å². The normalized spacial score (nSPS) is 12.2. The SMILES string of the molecule is CCCC(C)NC(=O)c1cc(NC)c2ccccc2n1. The monoisotopic (exact) mass is 271 g/mol. The van der Waals surface area contributed by atoms with Crippen LogP contribution in [0.5, 0.6) is 0 Å². The van der Waals surface area contributed by atoms with Gasteiger partial charge in [0.15, 0.2) is 0 Å². The molecule has 0 bridgehead atoms. The van der Waals surface area contributed by atoms with E-state index in [9.17, 15) is 4.79 Å². The average molecular weight is 271 g/mol. The molecular formula is C16H21N3O. The Morgan fingerprint density at radius 3 is 2.80 bits per heavy atom. The number of fused-ring (bicyclic) bond motifs is 1. The highest BCUT2D eigenvalue weighted by Gasteiger charge is 2.13. The summed E-state index contributed by atoms with van der Waals surface area (Å²) in [5.41, 5.74) is 2.20. The zero-order valence-corrected chi connectivity index (χ0v) is 12.2. The first-order valence-corrected chi connectivity index (χ1v) is 7.04. The molecule has 0 aliphatic heterocycles. The van der Waals surface area contributed by atoms with Crippen LogP contribution < -0.4 is 10.6 Å². The molecule has 2 rings (SSSR count). The lowest BCUT2D eigenvalue weighted by Gasteiger charge is -2.13. The van der Waals surface area contributed by atoms with Gasteiger partial charge in [-0.3, -0.25) is 4.79 Å². The number of amides is 1. The molecule has 1 aromatic carbocycles. The summed E-state index contributed by atoms with van der Waals surface area (Å²) in [4.78, 5) is 16.7. The number of rotatable bonds is 5. The lowest BCUT2D eigenvalue weighted by Crippen LogP contribution is -2.33. The van der Waals surface area contributed by atoms with Crippen LogP contribution in [0, 0.1) is 0 Å². The van der Waals surface area contributed by atoms with Crippen molar-refractivity contribution in [3.05, 3.63) is 36.0 Å². The predicted octanol–water partition coefficient (Wildman–Crippen LogP) is 3.19. The van der Waals surface area contributed by atoms with Crippen molar-refractivity contribution in [1.29, 1.82) is 0 Å². The highest BCUT2D eigenvalue weighted by atomic mass is 16.1. The van der Waals surface area contributed by atoms with Crippen LogP contribution in [0.4, 0.5) is 5.69 Å². The van der Waals surface area contributed by atoms with Crippen molar-refractivity contribution in [1.82, 2.24) is 10.3 Å². The van der Waals surface area contributed by atoms with E-state index in [1.54, 1.807) is 6.07 Å². The summed E-state index contributed by atoms with van der Waals surface area (Å²) in [6.45, 7) is 4.12. The smallest absolute Gasteiger partial charge is 0.270 e. The highest BCUT2D eigenvalue weighted by Crippen LogP contribution is 2.22. The molecule has 106 valence electrons. The van der Waals surface area contributed by atoms with E-state index in [-0.39, 0.29) is 11.9 Å². The highest BCUT2D eigenvalue weighted by molar-refractivity contribution is 5.99. The summed E-state index contributed by atoms with van der Waals surface area (Å²) in [6, 6.07) is 9.78. The molecule has 4 nitrogen and oxygen atoms in total. The zero-order valence-electron chi connectivity index (χ0n) is 12.2. The van der Waals surface area contributed by atoms with Crippen LogP contribution in [0.15, 0.2) is 30.3 Å². The van der Waals surface area contributed by atoms with Gasteiger partial charge in [0.05, 0.1) is 5.52 Å². The van der Waals surface area contributed by atoms with Gasteiger partial charge in [-0.05, 0) is 25.5 Å². The van der Waals surface area contributed by atoms with Crippen molar-refractivity contribution < 1.29 is 4.79 Å². The lowest BCUT2D eigenvalue weighted by atomic mass is 10.1. The number of nitrogens with one attached hydrogen (secondary N) is 2. The second-order valence-electron chi connectivity index (χ2n) is 4.99. The molecule has 1 heterocycles. The minimum Gasteiger partial charge on any atom is -0.388 e. The topological polar surface area (TPSA) is 54.0 Å². The first-order chi connectivity index (χ1) is 9.65. The molecule has 0 radical (unpaired) electrons. The van der Waals surface area contributed by atoms with Gasteiger partial charge < -0.3 is 10.6 Å². The van der Waals surface area contributed by atoms with Crippen molar-refractivity contribution in [2.24, 2.45) is 0 Å². The largest absolute Gasteiger partial charge is 0.388 e. The minimum atomic E-state index is -0.117. The predicted molar refractivity (Wildman–Crippen MR) is 83.1 cm³/mol. The van der Waals surface area contributed by atoms with Gasteiger partial charge in [0, 0.05) is 24.2 Å². The van der Waals surface area contributed by atoms with E-state index in [1.165, 1.54) is 0 Å². The number of pyridine rings is 1. The van der Waals surface area contributed by atoms with Gasteiger partial charge in [0.2, 0.25) is 0 Å². The Kier molecular flexibility index (Phi) is 4.56. The fraction of sp³-hybridized carbons (Fsp3) is 0.375. The van der Waals surface area contributed by atoms with Crippen molar-refractivity contribution in [2.45, 2.75) is 32.7 Å². The molecule has 0 aliphatic carbocycles. The number of nitrogens with zero attached hydrogens (tertiary/aromatic N) is 1. The maximum atomic E-state index is 12.2. The average Bonchev–Trinajstić information content (AvgIpc) is 2.46. The Hall–Kier alpha value is -2.10. The number of carbonyl (C=O) groups is 1. The first-order valence-electron chi connectivity index (χ1n) is 7.04. The van der Waals surface area contributed by atoms with E-state index in [0.717, 1.165) is 29.4 Å². The van der Waals surface area contributed by atoms with Gasteiger partial charge in [0.25, 0.3) is 5.91 Å². The Morgan fingerprint density at radius 1 is 1.35 bits per heavy atom. The fourth-order valence-electron chi connectivity index (χ4n) is 2.30. The number of benzene rings is 1. The molecule has 2 aromatic rings. The second kappa shape index (κ2) is 6.37. The number of hydrogen-bond acceptors (Lipinski definition) is 3. The number of carbonyl (C=O) groups excluding carboxylic acids is 1. The number of para-hydroxylation sites is 1. The molecule has 0 spiro atoms. The van der Waals surface area contributed by atoms with Crippen LogP contribution in [0.3, 0.4) is 0 Å². The van der Waals surface area contributed by atoms with E-state index >= 15 is 0 Å². The molecule has 0 aliphatic rings. The first kappa shape index (κ1) is 14.3. The van der Waals surface area contributed by atoms with Crippen LogP contribution in [0.25, 0.3) is 10.9 Å². The fourth-order valence-corrected chi connectivity index (χ4v) is 2.30. The molecule has 1 atom stereocenters. The molecule has 0 saturated heterocycles. The van der Waals surface area contributed by atoms with E-state index in [2.05, 4.69) is 22.5 Å². The molecule has 20 heavy (non-hydrogen) atoms. The molecule has 1 amide bonds. The maximum Gasteiger partial charge on any atom is 0.270 e. The molecule has 4 heteroatoms. The molecule has 2 N–H and O–H groups in total. The second-order valence-corrected chi connectivity index (χ2v) is 4.99. The van der Waals surface area contributed by atoms with Gasteiger partial charge in [0.1, 0.15) is 5.69 Å². The van der Waals surface area contributed by atoms with Crippen molar-refractivity contribution in [3.63, 3.8) is 0 Å². The Morgan fingerprint density at radius 2 is 2.10 bits per heavy atom. The Bertz CT molecular complexity index is 610. The number of aromatic nitrogens is 1. The van der Waals surface area contributed by atoms with E-state index < -0.39 is 0 Å². The molecule has 1 aromatic heterocycles. The summed E-state index contributed by atoms with van der Waals surface area (Å²) in [5.74, 6) is -0.117. The summed E-state index contributed by atoms with van der Waals surface area (Å²) in [5, 5.41) is 7.13. The lowest BCUT2D eigenvalue weighted by molar-refractivity contribution is 0.0933. The number of anilines is 1. The van der Waals surface area contributed by atoms with Gasteiger partial charge in [-0.25, -0.2) is 4.98 Å². The van der Waals surface area contributed by atoms with Crippen LogP contribution >= 0.6 is 0 Å². The zero-order chi connectivity index (χ0) is 14.5. The summed E-state index contributed by atoms with van der Waals surface area (Å²) in [6.07, 6.45) is 2.02. The van der Waals surface area contributed by atoms with Gasteiger partial charge in [-0.1, -0.05) is 31.5 Å².